The van der Waals surface area contributed by atoms with E-state index in [1.165, 1.54) is 0 Å². The molecule has 5 nitrogen and oxygen atoms in total. The molecule has 0 bridgehead atoms. The van der Waals surface area contributed by atoms with Crippen LogP contribution in [0.25, 0.3) is 77.6 Å². The topological polar surface area (TPSA) is 55.6 Å². The van der Waals surface area contributed by atoms with Gasteiger partial charge in [-0.15, -0.1) is 0 Å². The lowest BCUT2D eigenvalue weighted by molar-refractivity contribution is 0.620. The van der Waals surface area contributed by atoms with Crippen molar-refractivity contribution in [2.75, 3.05) is 4.90 Å². The van der Waals surface area contributed by atoms with E-state index >= 15 is 0 Å². The van der Waals surface area contributed by atoms with E-state index < -0.39 is 0 Å². The maximum atomic E-state index is 6.56. The average molecular weight is 619 g/mol. The second-order valence-corrected chi connectivity index (χ2v) is 12.0. The highest BCUT2D eigenvalue weighted by Gasteiger charge is 2.20. The van der Waals surface area contributed by atoms with Gasteiger partial charge in [0.15, 0.2) is 5.58 Å². The van der Waals surface area contributed by atoms with Crippen LogP contribution in [0.2, 0.25) is 0 Å². The summed E-state index contributed by atoms with van der Waals surface area (Å²) in [6.45, 7) is 0. The van der Waals surface area contributed by atoms with Crippen LogP contribution in [-0.2, 0) is 0 Å². The number of aromatic nitrogens is 1. The smallest absolute Gasteiger partial charge is 0.227 e. The van der Waals surface area contributed by atoms with Gasteiger partial charge < -0.3 is 18.2 Å². The lowest BCUT2D eigenvalue weighted by Gasteiger charge is -2.26. The van der Waals surface area contributed by atoms with E-state index in [1.807, 2.05) is 66.7 Å². The third-order valence-corrected chi connectivity index (χ3v) is 9.10. The predicted molar refractivity (Wildman–Crippen MR) is 194 cm³/mol. The van der Waals surface area contributed by atoms with Gasteiger partial charge in [-0.05, 0) is 66.2 Å². The monoisotopic (exact) mass is 618 g/mol. The van der Waals surface area contributed by atoms with Gasteiger partial charge in [0.25, 0.3) is 0 Å². The zero-order valence-corrected chi connectivity index (χ0v) is 25.6. The number of furan rings is 2. The van der Waals surface area contributed by atoms with Gasteiger partial charge in [0.2, 0.25) is 5.89 Å². The van der Waals surface area contributed by atoms with Crippen LogP contribution in [0.15, 0.2) is 171 Å². The molecule has 0 N–H and O–H groups in total. The van der Waals surface area contributed by atoms with Gasteiger partial charge in [-0.1, -0.05) is 91.0 Å². The number of rotatable bonds is 5. The summed E-state index contributed by atoms with van der Waals surface area (Å²) in [5.74, 6) is 0.602. The van der Waals surface area contributed by atoms with Crippen LogP contribution in [0.5, 0.6) is 0 Å². The van der Waals surface area contributed by atoms with E-state index in [2.05, 4.69) is 95.9 Å². The molecule has 0 fully saturated rings. The number of anilines is 3. The Morgan fingerprint density at radius 2 is 1.15 bits per heavy atom. The van der Waals surface area contributed by atoms with Crippen molar-refractivity contribution in [3.8, 4) is 22.6 Å². The van der Waals surface area contributed by atoms with Crippen LogP contribution < -0.4 is 4.90 Å². The summed E-state index contributed by atoms with van der Waals surface area (Å²) in [6, 6.07) is 53.9. The number of hydrogen-bond donors (Lipinski definition) is 0. The second kappa shape index (κ2) is 10.5. The summed E-state index contributed by atoms with van der Waals surface area (Å²) in [4.78, 5) is 7.05. The molecule has 5 heteroatoms. The zero-order valence-electron chi connectivity index (χ0n) is 25.6. The number of oxazole rings is 1. The molecule has 3 heterocycles. The quantitative estimate of drug-likeness (QED) is 0.192. The van der Waals surface area contributed by atoms with Crippen LogP contribution in [0, 0.1) is 0 Å². The minimum absolute atomic E-state index is 0.602. The van der Waals surface area contributed by atoms with Crippen molar-refractivity contribution < 1.29 is 13.3 Å². The Labute approximate surface area is 274 Å². The molecule has 10 aromatic rings. The highest BCUT2D eigenvalue weighted by atomic mass is 16.4. The Kier molecular flexibility index (Phi) is 5.81. The van der Waals surface area contributed by atoms with E-state index in [-0.39, 0.29) is 0 Å². The van der Waals surface area contributed by atoms with E-state index in [0.29, 0.717) is 5.89 Å². The minimum atomic E-state index is 0.602. The summed E-state index contributed by atoms with van der Waals surface area (Å²) < 4.78 is 19.0. The first kappa shape index (κ1) is 26.6. The fourth-order valence-corrected chi connectivity index (χ4v) is 6.89. The molecule has 0 aliphatic rings. The molecule has 7 aromatic carbocycles. The first-order valence-electron chi connectivity index (χ1n) is 16.0. The number of para-hydroxylation sites is 3. The predicted octanol–water partition coefficient (Wildman–Crippen LogP) is 12.4. The highest BCUT2D eigenvalue weighted by Crippen LogP contribution is 2.44. The lowest BCUT2D eigenvalue weighted by Crippen LogP contribution is -2.10. The third-order valence-electron chi connectivity index (χ3n) is 9.10. The fraction of sp³-hybridized carbons (Fsp3) is 0. The maximum Gasteiger partial charge on any atom is 0.227 e. The van der Waals surface area contributed by atoms with E-state index in [0.717, 1.165) is 88.7 Å². The minimum Gasteiger partial charge on any atom is -0.456 e. The molecule has 0 saturated heterocycles. The van der Waals surface area contributed by atoms with Gasteiger partial charge in [-0.3, -0.25) is 0 Å². The van der Waals surface area contributed by atoms with Gasteiger partial charge in [-0.2, -0.15) is 0 Å². The molecular formula is C43H26N2O3. The lowest BCUT2D eigenvalue weighted by atomic mass is 10.0. The molecule has 0 unspecified atom stereocenters. The Morgan fingerprint density at radius 1 is 0.438 bits per heavy atom. The summed E-state index contributed by atoms with van der Waals surface area (Å²) in [5, 5.41) is 4.22. The van der Waals surface area contributed by atoms with Gasteiger partial charge in [-0.25, -0.2) is 4.98 Å². The van der Waals surface area contributed by atoms with E-state index in [1.54, 1.807) is 0 Å². The second-order valence-electron chi connectivity index (χ2n) is 12.0. The van der Waals surface area contributed by atoms with Crippen LogP contribution in [0.1, 0.15) is 0 Å². The molecule has 0 saturated carbocycles. The fourth-order valence-electron chi connectivity index (χ4n) is 6.89. The summed E-state index contributed by atoms with van der Waals surface area (Å²) in [7, 11) is 0. The molecule has 0 aliphatic carbocycles. The summed E-state index contributed by atoms with van der Waals surface area (Å²) in [5.41, 5.74) is 11.1. The average Bonchev–Trinajstić information content (AvgIpc) is 3.85. The number of hydrogen-bond acceptors (Lipinski definition) is 5. The Bertz CT molecular complexity index is 2770. The van der Waals surface area contributed by atoms with Crippen molar-refractivity contribution in [2.45, 2.75) is 0 Å². The van der Waals surface area contributed by atoms with Crippen molar-refractivity contribution in [1.29, 1.82) is 0 Å². The number of nitrogens with zero attached hydrogens (tertiary/aromatic N) is 2. The van der Waals surface area contributed by atoms with Gasteiger partial charge in [0.1, 0.15) is 27.8 Å². The molecule has 0 radical (unpaired) electrons. The van der Waals surface area contributed by atoms with Crippen molar-refractivity contribution in [3.05, 3.63) is 158 Å². The van der Waals surface area contributed by atoms with Gasteiger partial charge >= 0.3 is 0 Å². The Balaban J connectivity index is 1.08. The first-order valence-corrected chi connectivity index (χ1v) is 16.0. The molecule has 0 spiro atoms. The van der Waals surface area contributed by atoms with E-state index in [9.17, 15) is 0 Å². The third kappa shape index (κ3) is 4.15. The molecule has 3 aromatic heterocycles. The SMILES string of the molecule is c1ccc(-c2nc3cc4oc5c(-c6ccc(N(c7ccccc7)c7cccc8oc9ccccc9c78)cc6)cccc5c4cc3o2)cc1. The van der Waals surface area contributed by atoms with E-state index in [4.69, 9.17) is 18.2 Å². The van der Waals surface area contributed by atoms with Crippen molar-refractivity contribution in [3.63, 3.8) is 0 Å². The van der Waals surface area contributed by atoms with Crippen molar-refractivity contribution in [1.82, 2.24) is 4.98 Å². The molecule has 48 heavy (non-hydrogen) atoms. The molecular weight excluding hydrogens is 592 g/mol. The number of fused-ring (bicyclic) bond motifs is 7. The van der Waals surface area contributed by atoms with Crippen molar-refractivity contribution >= 4 is 72.0 Å². The Hall–Kier alpha value is -6.59. The standard InChI is InChI=1S/C43H26N2O3/c1-3-11-28(12-4-1)43-44-35-26-39-34(25-40(35)48-43)32-17-9-16-31(42(32)47-39)27-21-23-30(24-22-27)45(29-13-5-2-6-14-29)36-18-10-20-38-41(36)33-15-7-8-19-37(33)46-38/h1-26H. The summed E-state index contributed by atoms with van der Waals surface area (Å²) in [6.07, 6.45) is 0. The first-order chi connectivity index (χ1) is 23.8. The van der Waals surface area contributed by atoms with Gasteiger partial charge in [0.05, 0.1) is 11.1 Å². The molecule has 0 atom stereocenters. The molecule has 0 amide bonds. The largest absolute Gasteiger partial charge is 0.456 e. The van der Waals surface area contributed by atoms with Crippen LogP contribution >= 0.6 is 0 Å². The molecule has 226 valence electrons. The summed E-state index contributed by atoms with van der Waals surface area (Å²) >= 11 is 0. The molecule has 0 aliphatic heterocycles. The molecule has 10 rings (SSSR count). The Morgan fingerprint density at radius 3 is 2.00 bits per heavy atom. The van der Waals surface area contributed by atoms with Crippen LogP contribution in [0.4, 0.5) is 17.1 Å². The maximum absolute atomic E-state index is 6.56. The normalized spacial score (nSPS) is 11.8. The zero-order chi connectivity index (χ0) is 31.6. The highest BCUT2D eigenvalue weighted by molar-refractivity contribution is 6.14. The van der Waals surface area contributed by atoms with Gasteiger partial charge in [0, 0.05) is 44.7 Å². The number of benzene rings is 7. The van der Waals surface area contributed by atoms with Crippen LogP contribution in [-0.4, -0.2) is 4.98 Å². The van der Waals surface area contributed by atoms with Crippen molar-refractivity contribution in [2.24, 2.45) is 0 Å². The van der Waals surface area contributed by atoms with Crippen LogP contribution in [0.3, 0.4) is 0 Å².